The van der Waals surface area contributed by atoms with Gasteiger partial charge in [-0.1, -0.05) is 22.9 Å². The van der Waals surface area contributed by atoms with Crippen molar-refractivity contribution in [2.45, 2.75) is 45.1 Å². The lowest BCUT2D eigenvalue weighted by Crippen LogP contribution is -2.52. The van der Waals surface area contributed by atoms with Gasteiger partial charge in [0.15, 0.2) is 0 Å². The van der Waals surface area contributed by atoms with Crippen molar-refractivity contribution in [3.05, 3.63) is 40.5 Å². The first-order chi connectivity index (χ1) is 11.6. The van der Waals surface area contributed by atoms with Gasteiger partial charge < -0.3 is 4.90 Å². The number of amides is 2. The summed E-state index contributed by atoms with van der Waals surface area (Å²) in [5.74, 6) is -0.0734. The third kappa shape index (κ3) is 3.48. The molecule has 1 N–H and O–H groups in total. The average molecular weight is 392 g/mol. The monoisotopic (exact) mass is 391 g/mol. The maximum Gasteiger partial charge on any atom is 0.271 e. The second-order valence-electron chi connectivity index (χ2n) is 6.20. The molecule has 1 aromatic carbocycles. The molecule has 1 atom stereocenters. The van der Waals surface area contributed by atoms with Crippen LogP contribution in [0.5, 0.6) is 0 Å². The van der Waals surface area contributed by atoms with Crippen LogP contribution in [0.15, 0.2) is 40.5 Å². The van der Waals surface area contributed by atoms with Gasteiger partial charge in [0.1, 0.15) is 5.70 Å². The van der Waals surface area contributed by atoms with Crippen LogP contribution in [0, 0.1) is 0 Å². The lowest BCUT2D eigenvalue weighted by Gasteiger charge is -2.37. The highest BCUT2D eigenvalue weighted by Gasteiger charge is 2.31. The highest BCUT2D eigenvalue weighted by molar-refractivity contribution is 9.10. The molecule has 3 rings (SSSR count). The highest BCUT2D eigenvalue weighted by atomic mass is 79.9. The van der Waals surface area contributed by atoms with Crippen LogP contribution in [-0.4, -0.2) is 29.3 Å². The lowest BCUT2D eigenvalue weighted by atomic mass is 9.99. The maximum atomic E-state index is 12.9. The Hall–Kier alpha value is -1.82. The van der Waals surface area contributed by atoms with E-state index < -0.39 is 0 Å². The number of carbonyl (C=O) groups is 2. The zero-order valence-electron chi connectivity index (χ0n) is 13.8. The molecule has 2 aliphatic rings. The van der Waals surface area contributed by atoms with Gasteiger partial charge in [0.25, 0.3) is 5.91 Å². The van der Waals surface area contributed by atoms with Crippen molar-refractivity contribution < 1.29 is 9.59 Å². The van der Waals surface area contributed by atoms with E-state index in [0.717, 1.165) is 36.0 Å². The van der Waals surface area contributed by atoms with Crippen LogP contribution in [0.3, 0.4) is 0 Å². The second-order valence-corrected chi connectivity index (χ2v) is 7.11. The molecule has 0 aromatic heterocycles. The molecule has 2 amide bonds. The van der Waals surface area contributed by atoms with Crippen LogP contribution in [0.1, 0.15) is 39.0 Å². The van der Waals surface area contributed by atoms with Crippen molar-refractivity contribution in [1.29, 1.82) is 0 Å². The van der Waals surface area contributed by atoms with Gasteiger partial charge in [0, 0.05) is 23.5 Å². The predicted molar refractivity (Wildman–Crippen MR) is 97.1 cm³/mol. The van der Waals surface area contributed by atoms with Gasteiger partial charge in [-0.3, -0.25) is 15.0 Å². The molecule has 1 fully saturated rings. The molecule has 0 radical (unpaired) electrons. The molecule has 2 aliphatic heterocycles. The summed E-state index contributed by atoms with van der Waals surface area (Å²) in [7, 11) is 0. The van der Waals surface area contributed by atoms with Crippen molar-refractivity contribution in [1.82, 2.24) is 10.3 Å². The molecule has 1 saturated heterocycles. The number of nitrogens with one attached hydrogen (secondary N) is 1. The summed E-state index contributed by atoms with van der Waals surface area (Å²) < 4.78 is 0.946. The van der Waals surface area contributed by atoms with Gasteiger partial charge in [-0.15, -0.1) is 0 Å². The number of hydrogen-bond acceptors (Lipinski definition) is 3. The summed E-state index contributed by atoms with van der Waals surface area (Å²) >= 11 is 3.39. The first-order valence-corrected chi connectivity index (χ1v) is 9.25. The summed E-state index contributed by atoms with van der Waals surface area (Å²) in [6, 6.07) is 7.74. The van der Waals surface area contributed by atoms with Gasteiger partial charge in [0.2, 0.25) is 5.91 Å². The molecule has 0 aliphatic carbocycles. The zero-order valence-corrected chi connectivity index (χ0v) is 15.4. The third-order valence-electron chi connectivity index (χ3n) is 4.64. The van der Waals surface area contributed by atoms with Crippen molar-refractivity contribution in [2.75, 3.05) is 11.6 Å². The molecule has 6 heteroatoms. The summed E-state index contributed by atoms with van der Waals surface area (Å²) in [4.78, 5) is 27.1. The Bertz CT molecular complexity index is 657. The Labute approximate surface area is 150 Å². The Balaban J connectivity index is 1.77. The van der Waals surface area contributed by atoms with Crippen LogP contribution in [0.2, 0.25) is 0 Å². The van der Waals surface area contributed by atoms with Crippen molar-refractivity contribution in [2.24, 2.45) is 0 Å². The predicted octanol–water partition coefficient (Wildman–Crippen LogP) is 3.37. The highest BCUT2D eigenvalue weighted by Crippen LogP contribution is 2.24. The van der Waals surface area contributed by atoms with Crippen LogP contribution in [-0.2, 0) is 9.59 Å². The van der Waals surface area contributed by atoms with E-state index in [1.54, 1.807) is 6.08 Å². The molecule has 24 heavy (non-hydrogen) atoms. The number of halogens is 1. The van der Waals surface area contributed by atoms with Crippen LogP contribution in [0.25, 0.3) is 0 Å². The molecule has 5 nitrogen and oxygen atoms in total. The quantitative estimate of drug-likeness (QED) is 0.858. The Morgan fingerprint density at radius 1 is 1.29 bits per heavy atom. The third-order valence-corrected chi connectivity index (χ3v) is 5.17. The average Bonchev–Trinajstić information content (AvgIpc) is 2.62. The SMILES string of the molecule is CC[C@H]1CCCCN1C(=O)C1=CCC(=O)N(c2ccc(Br)cc2)N1. The first kappa shape index (κ1) is 17.0. The lowest BCUT2D eigenvalue weighted by molar-refractivity contribution is -0.131. The number of hydrogen-bond donors (Lipinski definition) is 1. The molecule has 0 spiro atoms. The smallest absolute Gasteiger partial charge is 0.271 e. The van der Waals surface area contributed by atoms with Crippen molar-refractivity contribution in [3.8, 4) is 0 Å². The minimum Gasteiger partial charge on any atom is -0.334 e. The number of likely N-dealkylation sites (tertiary alicyclic amines) is 1. The standard InChI is InChI=1S/C18H22BrN3O2/c1-2-14-5-3-4-12-21(14)18(24)16-10-11-17(23)22(20-16)15-8-6-13(19)7-9-15/h6-10,14,20H,2-5,11-12H2,1H3/t14-/m0/s1. The number of anilines is 1. The summed E-state index contributed by atoms with van der Waals surface area (Å²) in [5, 5.41) is 1.46. The fourth-order valence-electron chi connectivity index (χ4n) is 3.29. The normalized spacial score (nSPS) is 21.3. The number of benzene rings is 1. The summed E-state index contributed by atoms with van der Waals surface area (Å²) in [6.07, 6.45) is 6.19. The number of carbonyl (C=O) groups excluding carboxylic acids is 2. The minimum atomic E-state index is -0.0699. The molecule has 0 unspecified atom stereocenters. The molecule has 1 aromatic rings. The topological polar surface area (TPSA) is 52.7 Å². The molecule has 0 saturated carbocycles. The minimum absolute atomic E-state index is 0.00355. The van der Waals surface area contributed by atoms with E-state index in [9.17, 15) is 9.59 Å². The van der Waals surface area contributed by atoms with Gasteiger partial charge in [-0.05, 0) is 56.0 Å². The second kappa shape index (κ2) is 7.38. The van der Waals surface area contributed by atoms with Gasteiger partial charge >= 0.3 is 0 Å². The zero-order chi connectivity index (χ0) is 17.1. The Kier molecular flexibility index (Phi) is 5.23. The van der Waals surface area contributed by atoms with Gasteiger partial charge in [-0.2, -0.15) is 0 Å². The summed E-state index contributed by atoms with van der Waals surface area (Å²) in [6.45, 7) is 2.92. The van der Waals surface area contributed by atoms with Crippen molar-refractivity contribution in [3.63, 3.8) is 0 Å². The summed E-state index contributed by atoms with van der Waals surface area (Å²) in [5.41, 5.74) is 4.25. The van der Waals surface area contributed by atoms with Gasteiger partial charge in [0.05, 0.1) is 5.69 Å². The number of rotatable bonds is 3. The molecular weight excluding hydrogens is 370 g/mol. The molecular formula is C18H22BrN3O2. The molecule has 128 valence electrons. The molecule has 2 heterocycles. The van der Waals surface area contributed by atoms with E-state index in [4.69, 9.17) is 0 Å². The first-order valence-electron chi connectivity index (χ1n) is 8.46. The van der Waals surface area contributed by atoms with E-state index in [1.807, 2.05) is 29.2 Å². The number of piperidine rings is 1. The maximum absolute atomic E-state index is 12.9. The van der Waals surface area contributed by atoms with E-state index in [2.05, 4.69) is 28.3 Å². The van der Waals surface area contributed by atoms with E-state index in [1.165, 1.54) is 11.4 Å². The van der Waals surface area contributed by atoms with E-state index >= 15 is 0 Å². The largest absolute Gasteiger partial charge is 0.334 e. The van der Waals surface area contributed by atoms with Gasteiger partial charge in [-0.25, -0.2) is 5.01 Å². The van der Waals surface area contributed by atoms with Crippen LogP contribution < -0.4 is 10.4 Å². The fourth-order valence-corrected chi connectivity index (χ4v) is 3.55. The van der Waals surface area contributed by atoms with E-state index in [0.29, 0.717) is 11.7 Å². The molecule has 0 bridgehead atoms. The Morgan fingerprint density at radius 3 is 2.75 bits per heavy atom. The van der Waals surface area contributed by atoms with Crippen LogP contribution >= 0.6 is 15.9 Å². The number of nitrogens with zero attached hydrogens (tertiary/aromatic N) is 2. The van der Waals surface area contributed by atoms with Crippen molar-refractivity contribution >= 4 is 33.4 Å². The van der Waals surface area contributed by atoms with Crippen LogP contribution in [0.4, 0.5) is 5.69 Å². The fraction of sp³-hybridized carbons (Fsp3) is 0.444. The Morgan fingerprint density at radius 2 is 2.04 bits per heavy atom. The van der Waals surface area contributed by atoms with E-state index in [-0.39, 0.29) is 18.2 Å². The number of hydrazine groups is 1.